The molecule has 0 saturated carbocycles. The molecule has 9 heteroatoms. The van der Waals surface area contributed by atoms with Crippen LogP contribution in [0.3, 0.4) is 0 Å². The first-order valence-electron chi connectivity index (χ1n) is 4.88. The van der Waals surface area contributed by atoms with Crippen molar-refractivity contribution >= 4 is 22.2 Å². The Kier molecular flexibility index (Phi) is 4.21. The maximum atomic E-state index is 11.0. The van der Waals surface area contributed by atoms with Crippen LogP contribution in [-0.2, 0) is 4.79 Å². The lowest BCUT2D eigenvalue weighted by atomic mass is 10.1. The van der Waals surface area contributed by atoms with Crippen molar-refractivity contribution in [3.8, 4) is 0 Å². The molecule has 0 spiro atoms. The molecule has 8 nitrogen and oxygen atoms in total. The summed E-state index contributed by atoms with van der Waals surface area (Å²) in [5.41, 5.74) is 7.08. The van der Waals surface area contributed by atoms with Crippen molar-refractivity contribution in [2.24, 2.45) is 5.73 Å². The lowest BCUT2D eigenvalue weighted by Crippen LogP contribution is -2.18. The largest absolute Gasteiger partial charge is 0.369 e. The van der Waals surface area contributed by atoms with E-state index in [0.717, 1.165) is 16.3 Å². The molecule has 2 heterocycles. The molecule has 1 amide bonds. The van der Waals surface area contributed by atoms with Crippen LogP contribution in [0.5, 0.6) is 0 Å². The van der Waals surface area contributed by atoms with E-state index in [-0.39, 0.29) is 11.8 Å². The van der Waals surface area contributed by atoms with Crippen LogP contribution in [-0.4, -0.2) is 25.6 Å². The van der Waals surface area contributed by atoms with Crippen LogP contribution in [0, 0.1) is 17.0 Å². The zero-order valence-electron chi connectivity index (χ0n) is 9.73. The molecule has 0 aromatic carbocycles. The molecule has 3 N–H and O–H groups in total. The topological polar surface area (TPSA) is 124 Å². The standard InChI is InChI=1S/C9H11N3OS.HNO3/c1-5-4-14-9-11-7(3-12(5)9)6(2)8(10)13;2-1(3)4/h3-4,6H,1-2H3,(H2,10,13);(H,2,3,4). The number of aromatic nitrogens is 2. The Balaban J connectivity index is 0.000000357. The van der Waals surface area contributed by atoms with Crippen molar-refractivity contribution in [3.05, 3.63) is 33.1 Å². The van der Waals surface area contributed by atoms with Gasteiger partial charge in [0.1, 0.15) is 0 Å². The van der Waals surface area contributed by atoms with Crippen molar-refractivity contribution in [1.82, 2.24) is 9.38 Å². The Bertz CT molecular complexity index is 572. The number of primary amides is 1. The van der Waals surface area contributed by atoms with Gasteiger partial charge in [0, 0.05) is 17.3 Å². The Morgan fingerprint density at radius 2 is 2.28 bits per heavy atom. The second-order valence-electron chi connectivity index (χ2n) is 3.56. The van der Waals surface area contributed by atoms with Gasteiger partial charge >= 0.3 is 0 Å². The van der Waals surface area contributed by atoms with Gasteiger partial charge in [-0.2, -0.15) is 0 Å². The first-order chi connectivity index (χ1) is 8.32. The third kappa shape index (κ3) is 3.17. The van der Waals surface area contributed by atoms with Gasteiger partial charge in [0.2, 0.25) is 5.91 Å². The highest BCUT2D eigenvalue weighted by Gasteiger charge is 2.16. The highest BCUT2D eigenvalue weighted by atomic mass is 32.1. The fourth-order valence-electron chi connectivity index (χ4n) is 1.27. The summed E-state index contributed by atoms with van der Waals surface area (Å²) in [6.45, 7) is 3.77. The van der Waals surface area contributed by atoms with Gasteiger partial charge in [-0.05, 0) is 13.8 Å². The summed E-state index contributed by atoms with van der Waals surface area (Å²) in [6.07, 6.45) is 1.87. The second kappa shape index (κ2) is 5.45. The number of nitrogens with two attached hydrogens (primary N) is 1. The fraction of sp³-hybridized carbons (Fsp3) is 0.333. The van der Waals surface area contributed by atoms with E-state index in [2.05, 4.69) is 4.98 Å². The molecular formula is C9H12N4O4S. The van der Waals surface area contributed by atoms with E-state index in [9.17, 15) is 4.79 Å². The molecule has 2 aromatic heterocycles. The summed E-state index contributed by atoms with van der Waals surface area (Å²) in [7, 11) is 0. The fourth-order valence-corrected chi connectivity index (χ4v) is 2.12. The average Bonchev–Trinajstić information content (AvgIpc) is 2.79. The second-order valence-corrected chi connectivity index (χ2v) is 4.39. The lowest BCUT2D eigenvalue weighted by molar-refractivity contribution is -0.742. The predicted molar refractivity (Wildman–Crippen MR) is 64.2 cm³/mol. The Morgan fingerprint density at radius 3 is 2.72 bits per heavy atom. The smallest absolute Gasteiger partial charge is 0.291 e. The zero-order valence-corrected chi connectivity index (χ0v) is 10.5. The van der Waals surface area contributed by atoms with Crippen LogP contribution in [0.2, 0.25) is 0 Å². The monoisotopic (exact) mass is 272 g/mol. The van der Waals surface area contributed by atoms with Gasteiger partial charge in [-0.3, -0.25) is 9.20 Å². The minimum atomic E-state index is -1.50. The third-order valence-electron chi connectivity index (χ3n) is 2.28. The molecule has 0 aliphatic rings. The third-order valence-corrected chi connectivity index (χ3v) is 3.24. The number of hydrogen-bond acceptors (Lipinski definition) is 5. The van der Waals surface area contributed by atoms with Crippen molar-refractivity contribution < 1.29 is 15.1 Å². The molecule has 0 saturated heterocycles. The Labute approximate surface area is 106 Å². The highest BCUT2D eigenvalue weighted by molar-refractivity contribution is 7.15. The van der Waals surface area contributed by atoms with Crippen molar-refractivity contribution in [3.63, 3.8) is 0 Å². The molecule has 1 unspecified atom stereocenters. The van der Waals surface area contributed by atoms with Gasteiger partial charge in [-0.1, -0.05) is 0 Å². The van der Waals surface area contributed by atoms with Gasteiger partial charge in [-0.25, -0.2) is 4.98 Å². The van der Waals surface area contributed by atoms with Gasteiger partial charge in [0.25, 0.3) is 5.09 Å². The number of thiazole rings is 1. The maximum Gasteiger partial charge on any atom is 0.291 e. The number of hydrogen-bond donors (Lipinski definition) is 2. The zero-order chi connectivity index (χ0) is 13.9. The molecule has 0 aliphatic carbocycles. The van der Waals surface area contributed by atoms with Crippen molar-refractivity contribution in [2.75, 3.05) is 0 Å². The molecule has 0 radical (unpaired) electrons. The molecule has 0 aliphatic heterocycles. The molecule has 0 bridgehead atoms. The Morgan fingerprint density at radius 1 is 1.72 bits per heavy atom. The van der Waals surface area contributed by atoms with E-state index in [1.54, 1.807) is 18.3 Å². The number of nitrogens with zero attached hydrogens (tertiary/aromatic N) is 3. The number of amides is 1. The SMILES string of the molecule is Cc1csc2nc(C(C)C(N)=O)cn12.O=[N+]([O-])O. The van der Waals surface area contributed by atoms with Crippen LogP contribution < -0.4 is 5.73 Å². The summed E-state index contributed by atoms with van der Waals surface area (Å²) in [5.74, 6) is -0.657. The summed E-state index contributed by atoms with van der Waals surface area (Å²) < 4.78 is 1.97. The number of carbonyl (C=O) groups excluding carboxylic acids is 1. The molecule has 18 heavy (non-hydrogen) atoms. The first kappa shape index (κ1) is 13.9. The normalized spacial score (nSPS) is 11.7. The van der Waals surface area contributed by atoms with E-state index in [4.69, 9.17) is 21.1 Å². The molecule has 2 rings (SSSR count). The van der Waals surface area contributed by atoms with Crippen LogP contribution >= 0.6 is 11.3 Å². The van der Waals surface area contributed by atoms with E-state index in [1.807, 2.05) is 22.9 Å². The van der Waals surface area contributed by atoms with Gasteiger partial charge in [-0.15, -0.1) is 21.5 Å². The van der Waals surface area contributed by atoms with E-state index < -0.39 is 5.09 Å². The Hall–Kier alpha value is -2.16. The maximum absolute atomic E-state index is 11.0. The van der Waals surface area contributed by atoms with Crippen molar-refractivity contribution in [2.45, 2.75) is 19.8 Å². The minimum Gasteiger partial charge on any atom is -0.369 e. The van der Waals surface area contributed by atoms with Crippen LogP contribution in [0.1, 0.15) is 24.2 Å². The molecule has 2 aromatic rings. The highest BCUT2D eigenvalue weighted by Crippen LogP contribution is 2.20. The molecule has 1 atom stereocenters. The number of carbonyl (C=O) groups is 1. The van der Waals surface area contributed by atoms with Crippen molar-refractivity contribution in [1.29, 1.82) is 0 Å². The average molecular weight is 272 g/mol. The first-order valence-corrected chi connectivity index (χ1v) is 5.76. The number of imidazole rings is 1. The van der Waals surface area contributed by atoms with Gasteiger partial charge in [0.15, 0.2) is 4.96 Å². The quantitative estimate of drug-likeness (QED) is 0.622. The lowest BCUT2D eigenvalue weighted by Gasteiger charge is -2.00. The molecule has 98 valence electrons. The van der Waals surface area contributed by atoms with Gasteiger partial charge < -0.3 is 10.9 Å². The summed E-state index contributed by atoms with van der Waals surface area (Å²) >= 11 is 1.56. The predicted octanol–water partition coefficient (Wildman–Crippen LogP) is 0.945. The van der Waals surface area contributed by atoms with Crippen LogP contribution in [0.4, 0.5) is 0 Å². The van der Waals surface area contributed by atoms with E-state index in [0.29, 0.717) is 0 Å². The van der Waals surface area contributed by atoms with Gasteiger partial charge in [0.05, 0.1) is 11.6 Å². The number of fused-ring (bicyclic) bond motifs is 1. The summed E-state index contributed by atoms with van der Waals surface area (Å²) in [6, 6.07) is 0. The molecule has 0 fully saturated rings. The van der Waals surface area contributed by atoms with E-state index >= 15 is 0 Å². The minimum absolute atomic E-state index is 0.318. The summed E-state index contributed by atoms with van der Waals surface area (Å²) in [5, 5.41) is 15.7. The van der Waals surface area contributed by atoms with E-state index in [1.165, 1.54) is 0 Å². The molecular weight excluding hydrogens is 260 g/mol. The van der Waals surface area contributed by atoms with Crippen LogP contribution in [0.15, 0.2) is 11.6 Å². The van der Waals surface area contributed by atoms with Crippen LogP contribution in [0.25, 0.3) is 4.96 Å². The number of rotatable bonds is 2. The number of aryl methyl sites for hydroxylation is 1. The summed E-state index contributed by atoms with van der Waals surface area (Å²) in [4.78, 5) is 24.6.